The van der Waals surface area contributed by atoms with Gasteiger partial charge in [0.15, 0.2) is 0 Å². The Morgan fingerprint density at radius 1 is 0.800 bits per heavy atom. The summed E-state index contributed by atoms with van der Waals surface area (Å²) in [7, 11) is 0. The minimum absolute atomic E-state index is 0.0213. The molecular weight excluding hydrogens is 274 g/mol. The maximum atomic E-state index is 10.1. The lowest BCUT2D eigenvalue weighted by Crippen LogP contribution is -2.31. The molecular formula is C10H19N3O7. The number of hydrogen-bond donors (Lipinski definition) is 6. The fourth-order valence-electron chi connectivity index (χ4n) is 0.824. The third kappa shape index (κ3) is 13.9. The van der Waals surface area contributed by atoms with Gasteiger partial charge in [-0.25, -0.2) is 0 Å². The van der Waals surface area contributed by atoms with Crippen LogP contribution in [0, 0.1) is 0 Å². The molecule has 0 fully saturated rings. The number of primary amides is 1. The minimum atomic E-state index is -1.17. The molecule has 10 heteroatoms. The van der Waals surface area contributed by atoms with E-state index < -0.39 is 35.9 Å². The van der Waals surface area contributed by atoms with Gasteiger partial charge in [0.1, 0.15) is 12.1 Å². The second-order valence-corrected chi connectivity index (χ2v) is 3.83. The van der Waals surface area contributed by atoms with E-state index in [9.17, 15) is 19.2 Å². The molecule has 0 heterocycles. The summed E-state index contributed by atoms with van der Waals surface area (Å²) in [5, 5.41) is 24.5. The van der Waals surface area contributed by atoms with Gasteiger partial charge in [0, 0.05) is 12.8 Å². The number of carbonyl (C=O) groups is 4. The molecule has 0 bridgehead atoms. The van der Waals surface area contributed by atoms with Gasteiger partial charge in [-0.15, -0.1) is 0 Å². The number of hydrogen-bond acceptors (Lipinski definition) is 6. The van der Waals surface area contributed by atoms with Crippen LogP contribution in [0.4, 0.5) is 0 Å². The molecule has 20 heavy (non-hydrogen) atoms. The quantitative estimate of drug-likeness (QED) is 0.290. The smallest absolute Gasteiger partial charge is 0.320 e. The van der Waals surface area contributed by atoms with Crippen LogP contribution in [0.5, 0.6) is 0 Å². The van der Waals surface area contributed by atoms with E-state index >= 15 is 0 Å². The molecule has 0 aromatic heterocycles. The van der Waals surface area contributed by atoms with Gasteiger partial charge in [0.2, 0.25) is 5.91 Å². The summed E-state index contributed by atoms with van der Waals surface area (Å²) in [6.07, 6.45) is -0.101. The van der Waals surface area contributed by atoms with Gasteiger partial charge in [-0.05, 0) is 12.8 Å². The van der Waals surface area contributed by atoms with Crippen molar-refractivity contribution >= 4 is 23.8 Å². The third-order valence-corrected chi connectivity index (χ3v) is 2.01. The van der Waals surface area contributed by atoms with E-state index in [4.69, 9.17) is 32.5 Å². The SMILES string of the molecule is NC(=O)CCC(N)C(=O)O.NC(CCC(=O)O)C(=O)O. The van der Waals surface area contributed by atoms with E-state index in [1.54, 1.807) is 0 Å². The average Bonchev–Trinajstić information content (AvgIpc) is 2.33. The zero-order valence-corrected chi connectivity index (χ0v) is 10.7. The van der Waals surface area contributed by atoms with E-state index in [0.717, 1.165) is 0 Å². The molecule has 0 aliphatic heterocycles. The number of rotatable bonds is 8. The Morgan fingerprint density at radius 2 is 1.15 bits per heavy atom. The van der Waals surface area contributed by atoms with Crippen LogP contribution < -0.4 is 17.2 Å². The topological polar surface area (TPSA) is 207 Å². The lowest BCUT2D eigenvalue weighted by Gasteiger charge is -2.01. The van der Waals surface area contributed by atoms with Crippen LogP contribution in [0.2, 0.25) is 0 Å². The molecule has 0 aliphatic carbocycles. The van der Waals surface area contributed by atoms with Crippen LogP contribution in [-0.4, -0.2) is 51.2 Å². The van der Waals surface area contributed by atoms with Gasteiger partial charge in [-0.2, -0.15) is 0 Å². The van der Waals surface area contributed by atoms with Crippen LogP contribution in [0.3, 0.4) is 0 Å². The van der Waals surface area contributed by atoms with Gasteiger partial charge in [-0.1, -0.05) is 0 Å². The van der Waals surface area contributed by atoms with Gasteiger partial charge in [0.25, 0.3) is 0 Å². The Morgan fingerprint density at radius 3 is 1.40 bits per heavy atom. The Balaban J connectivity index is 0. The first kappa shape index (κ1) is 20.1. The molecule has 1 amide bonds. The van der Waals surface area contributed by atoms with Crippen molar-refractivity contribution in [3.63, 3.8) is 0 Å². The summed E-state index contributed by atoms with van der Waals surface area (Å²) in [4.78, 5) is 40.0. The maximum Gasteiger partial charge on any atom is 0.320 e. The largest absolute Gasteiger partial charge is 0.481 e. The van der Waals surface area contributed by atoms with Crippen LogP contribution in [-0.2, 0) is 19.2 Å². The molecule has 0 aromatic rings. The van der Waals surface area contributed by atoms with Gasteiger partial charge < -0.3 is 32.5 Å². The molecule has 10 nitrogen and oxygen atoms in total. The Labute approximate surface area is 114 Å². The van der Waals surface area contributed by atoms with Crippen LogP contribution >= 0.6 is 0 Å². The molecule has 0 spiro atoms. The molecule has 0 rings (SSSR count). The van der Waals surface area contributed by atoms with Crippen molar-refractivity contribution < 1.29 is 34.5 Å². The second-order valence-electron chi connectivity index (χ2n) is 3.83. The highest BCUT2D eigenvalue weighted by Crippen LogP contribution is 1.93. The second kappa shape index (κ2) is 10.7. The molecule has 0 saturated carbocycles. The third-order valence-electron chi connectivity index (χ3n) is 2.01. The monoisotopic (exact) mass is 293 g/mol. The van der Waals surface area contributed by atoms with Crippen molar-refractivity contribution in [3.05, 3.63) is 0 Å². The first-order valence-electron chi connectivity index (χ1n) is 5.54. The predicted molar refractivity (Wildman–Crippen MR) is 66.5 cm³/mol. The fourth-order valence-corrected chi connectivity index (χ4v) is 0.824. The van der Waals surface area contributed by atoms with E-state index in [1.165, 1.54) is 0 Å². The van der Waals surface area contributed by atoms with E-state index in [0.29, 0.717) is 0 Å². The number of aliphatic carboxylic acids is 3. The Kier molecular flexibility index (Phi) is 10.8. The van der Waals surface area contributed by atoms with Crippen molar-refractivity contribution in [1.82, 2.24) is 0 Å². The first-order valence-corrected chi connectivity index (χ1v) is 5.54. The van der Waals surface area contributed by atoms with Gasteiger partial charge in [-0.3, -0.25) is 19.2 Å². The van der Waals surface area contributed by atoms with Gasteiger partial charge in [0.05, 0.1) is 0 Å². The lowest BCUT2D eigenvalue weighted by atomic mass is 10.2. The zero-order valence-electron chi connectivity index (χ0n) is 10.7. The molecule has 0 aromatic carbocycles. The zero-order chi connectivity index (χ0) is 16.3. The summed E-state index contributed by atoms with van der Waals surface area (Å²) in [6.45, 7) is 0. The van der Waals surface area contributed by atoms with Crippen LogP contribution in [0.15, 0.2) is 0 Å². The number of nitrogens with two attached hydrogens (primary N) is 3. The first-order chi connectivity index (χ1) is 9.07. The van der Waals surface area contributed by atoms with Crippen molar-refractivity contribution in [2.45, 2.75) is 37.8 Å². The summed E-state index contributed by atoms with van der Waals surface area (Å²) >= 11 is 0. The molecule has 2 unspecified atom stereocenters. The predicted octanol–water partition coefficient (Wildman–Crippen LogP) is -2.07. The maximum absolute atomic E-state index is 10.1. The van der Waals surface area contributed by atoms with Gasteiger partial charge >= 0.3 is 17.9 Å². The van der Waals surface area contributed by atoms with E-state index in [-0.39, 0.29) is 25.7 Å². The van der Waals surface area contributed by atoms with E-state index in [2.05, 4.69) is 0 Å². The van der Waals surface area contributed by atoms with Crippen LogP contribution in [0.1, 0.15) is 25.7 Å². The van der Waals surface area contributed by atoms with Crippen molar-refractivity contribution in [3.8, 4) is 0 Å². The van der Waals surface area contributed by atoms with Crippen LogP contribution in [0.25, 0.3) is 0 Å². The summed E-state index contributed by atoms with van der Waals surface area (Å²) in [5.74, 6) is -3.84. The molecule has 0 saturated heterocycles. The Bertz CT molecular complexity index is 325. The minimum Gasteiger partial charge on any atom is -0.481 e. The van der Waals surface area contributed by atoms with E-state index in [1.807, 2.05) is 0 Å². The summed E-state index contributed by atoms with van der Waals surface area (Å²) < 4.78 is 0. The highest BCUT2D eigenvalue weighted by molar-refractivity contribution is 5.77. The highest BCUT2D eigenvalue weighted by Gasteiger charge is 2.12. The summed E-state index contributed by atoms with van der Waals surface area (Å²) in [5.41, 5.74) is 14.8. The molecule has 0 aliphatic rings. The van der Waals surface area contributed by atoms with Crippen molar-refractivity contribution in [1.29, 1.82) is 0 Å². The number of carboxylic acids is 3. The number of carbonyl (C=O) groups excluding carboxylic acids is 1. The standard InChI is InChI=1S/C5H10N2O3.C5H9NO4/c2*6-3(5(9)10)1-2-4(7)8/h3H,1-2,6H2,(H2,7,8)(H,9,10);3H,1-2,6H2,(H,7,8)(H,9,10). The average molecular weight is 293 g/mol. The number of carboxylic acid groups (broad SMARTS) is 3. The highest BCUT2D eigenvalue weighted by atomic mass is 16.4. The molecule has 9 N–H and O–H groups in total. The Hall–Kier alpha value is -2.20. The fraction of sp³-hybridized carbons (Fsp3) is 0.600. The molecule has 0 radical (unpaired) electrons. The van der Waals surface area contributed by atoms with Crippen molar-refractivity contribution in [2.24, 2.45) is 17.2 Å². The number of amides is 1. The summed E-state index contributed by atoms with van der Waals surface area (Å²) in [6, 6.07) is -2.04. The normalized spacial score (nSPS) is 12.5. The van der Waals surface area contributed by atoms with Crippen molar-refractivity contribution in [2.75, 3.05) is 0 Å². The molecule has 2 atom stereocenters. The lowest BCUT2D eigenvalue weighted by molar-refractivity contribution is -0.140. The molecule has 116 valence electrons.